The second-order valence-electron chi connectivity index (χ2n) is 11.4. The molecule has 1 unspecified atom stereocenters. The standard InChI is InChI=1S/C31H37ClF3N3O3/c1-19(2)41-28(40)25-20(3)36-29(31(33,34)35)38(26(25)22-10-8-11-24(32)18-22)17-9-16-37(7)27(39)21-12-14-23(15-13-21)30(4,5)6/h8,10-15,18-19,26H,9,16-17H2,1-7H3. The highest BCUT2D eigenvalue weighted by molar-refractivity contribution is 6.30. The molecule has 3 rings (SSSR count). The van der Waals surface area contributed by atoms with Gasteiger partial charge in [-0.3, -0.25) is 4.79 Å². The Morgan fingerprint density at radius 2 is 1.73 bits per heavy atom. The number of benzene rings is 2. The Kier molecular flexibility index (Phi) is 9.95. The number of carbonyl (C=O) groups is 2. The molecule has 0 saturated heterocycles. The lowest BCUT2D eigenvalue weighted by Gasteiger charge is -2.39. The zero-order valence-corrected chi connectivity index (χ0v) is 25.2. The maximum Gasteiger partial charge on any atom is 0.449 e. The minimum atomic E-state index is -4.79. The number of amidine groups is 1. The molecule has 0 fully saturated rings. The van der Waals surface area contributed by atoms with Gasteiger partial charge in [0.05, 0.1) is 23.4 Å². The van der Waals surface area contributed by atoms with E-state index in [-0.39, 0.29) is 42.1 Å². The SMILES string of the molecule is CC1=C(C(=O)OC(C)C)C(c2cccc(Cl)c2)N(CCCN(C)C(=O)c2ccc(C(C)(C)C)cc2)C(C(F)(F)F)=N1. The molecule has 0 bridgehead atoms. The van der Waals surface area contributed by atoms with Gasteiger partial charge in [0.2, 0.25) is 5.84 Å². The Balaban J connectivity index is 1.90. The zero-order chi connectivity index (χ0) is 30.7. The Labute approximate surface area is 244 Å². The van der Waals surface area contributed by atoms with Crippen molar-refractivity contribution in [2.45, 2.75) is 71.7 Å². The van der Waals surface area contributed by atoms with Crippen molar-refractivity contribution in [3.63, 3.8) is 0 Å². The highest BCUT2D eigenvalue weighted by Crippen LogP contribution is 2.40. The molecule has 0 saturated carbocycles. The molecule has 2 aromatic carbocycles. The fourth-order valence-corrected chi connectivity index (χ4v) is 4.89. The molecule has 0 spiro atoms. The second-order valence-corrected chi connectivity index (χ2v) is 11.9. The summed E-state index contributed by atoms with van der Waals surface area (Å²) < 4.78 is 48.4. The number of esters is 1. The average Bonchev–Trinajstić information content (AvgIpc) is 2.86. The van der Waals surface area contributed by atoms with E-state index in [0.717, 1.165) is 10.5 Å². The molecule has 41 heavy (non-hydrogen) atoms. The first-order valence-corrected chi connectivity index (χ1v) is 13.8. The third kappa shape index (κ3) is 7.91. The number of aliphatic imine (C=N–C) groups is 1. The van der Waals surface area contributed by atoms with Gasteiger partial charge in [0.1, 0.15) is 0 Å². The Morgan fingerprint density at radius 3 is 2.27 bits per heavy atom. The minimum Gasteiger partial charge on any atom is -0.459 e. The lowest BCUT2D eigenvalue weighted by molar-refractivity contribution is -0.143. The molecule has 6 nitrogen and oxygen atoms in total. The lowest BCUT2D eigenvalue weighted by atomic mass is 9.86. The van der Waals surface area contributed by atoms with Crippen molar-refractivity contribution in [2.75, 3.05) is 20.1 Å². The molecule has 0 aliphatic carbocycles. The van der Waals surface area contributed by atoms with Crippen LogP contribution in [0.4, 0.5) is 13.2 Å². The van der Waals surface area contributed by atoms with Crippen molar-refractivity contribution in [1.82, 2.24) is 9.80 Å². The summed E-state index contributed by atoms with van der Waals surface area (Å²) in [5.41, 5.74) is 1.85. The number of halogens is 4. The Hall–Kier alpha value is -3.33. The van der Waals surface area contributed by atoms with Gasteiger partial charge >= 0.3 is 12.1 Å². The molecule has 0 aromatic heterocycles. The van der Waals surface area contributed by atoms with Gasteiger partial charge in [-0.25, -0.2) is 9.79 Å². The van der Waals surface area contributed by atoms with Gasteiger partial charge in [0.15, 0.2) is 0 Å². The Morgan fingerprint density at radius 1 is 1.10 bits per heavy atom. The van der Waals surface area contributed by atoms with Gasteiger partial charge in [-0.1, -0.05) is 56.6 Å². The summed E-state index contributed by atoms with van der Waals surface area (Å²) in [6.07, 6.45) is -5.09. The van der Waals surface area contributed by atoms with Crippen LogP contribution >= 0.6 is 11.6 Å². The van der Waals surface area contributed by atoms with Crippen LogP contribution in [-0.4, -0.2) is 59.9 Å². The normalized spacial score (nSPS) is 16.1. The zero-order valence-electron chi connectivity index (χ0n) is 24.5. The molecular formula is C31H37ClF3N3O3. The van der Waals surface area contributed by atoms with E-state index >= 15 is 0 Å². The van der Waals surface area contributed by atoms with Gasteiger partial charge < -0.3 is 14.5 Å². The number of amides is 1. The third-order valence-corrected chi connectivity index (χ3v) is 6.97. The van der Waals surface area contributed by atoms with Gasteiger partial charge in [-0.05, 0) is 68.0 Å². The maximum atomic E-state index is 14.3. The fraction of sp³-hybridized carbons (Fsp3) is 0.452. The number of allylic oxidation sites excluding steroid dienone is 1. The van der Waals surface area contributed by atoms with Crippen molar-refractivity contribution in [3.8, 4) is 0 Å². The van der Waals surface area contributed by atoms with Crippen LogP contribution in [0, 0.1) is 0 Å². The number of hydrogen-bond donors (Lipinski definition) is 0. The van der Waals surface area contributed by atoms with E-state index < -0.39 is 30.1 Å². The van der Waals surface area contributed by atoms with E-state index in [0.29, 0.717) is 16.1 Å². The van der Waals surface area contributed by atoms with Crippen LogP contribution in [0.15, 0.2) is 64.8 Å². The van der Waals surface area contributed by atoms with Crippen LogP contribution in [0.2, 0.25) is 5.02 Å². The van der Waals surface area contributed by atoms with E-state index in [1.807, 2.05) is 12.1 Å². The van der Waals surface area contributed by atoms with E-state index in [1.54, 1.807) is 51.2 Å². The fourth-order valence-electron chi connectivity index (χ4n) is 4.69. The van der Waals surface area contributed by atoms with Gasteiger partial charge in [0, 0.05) is 30.7 Å². The number of rotatable bonds is 8. The summed E-state index contributed by atoms with van der Waals surface area (Å²) in [7, 11) is 1.61. The quantitative estimate of drug-likeness (QED) is 0.301. The molecule has 1 heterocycles. The first-order valence-electron chi connectivity index (χ1n) is 13.5. The van der Waals surface area contributed by atoms with Crippen LogP contribution < -0.4 is 0 Å². The molecule has 1 aliphatic rings. The number of alkyl halides is 3. The van der Waals surface area contributed by atoms with Crippen molar-refractivity contribution < 1.29 is 27.5 Å². The highest BCUT2D eigenvalue weighted by atomic mass is 35.5. The van der Waals surface area contributed by atoms with E-state index in [2.05, 4.69) is 25.8 Å². The number of hydrogen-bond acceptors (Lipinski definition) is 5. The predicted molar refractivity (Wildman–Crippen MR) is 155 cm³/mol. The first kappa shape index (κ1) is 32.2. The van der Waals surface area contributed by atoms with Crippen LogP contribution in [0.5, 0.6) is 0 Å². The summed E-state index contributed by atoms with van der Waals surface area (Å²) in [6.45, 7) is 11.0. The third-order valence-electron chi connectivity index (χ3n) is 6.74. The van der Waals surface area contributed by atoms with Crippen LogP contribution in [-0.2, 0) is 14.9 Å². The van der Waals surface area contributed by atoms with Gasteiger partial charge in [-0.15, -0.1) is 0 Å². The monoisotopic (exact) mass is 591 g/mol. The van der Waals surface area contributed by atoms with E-state index in [4.69, 9.17) is 16.3 Å². The molecule has 0 N–H and O–H groups in total. The van der Waals surface area contributed by atoms with Crippen LogP contribution in [0.25, 0.3) is 0 Å². The molecule has 1 aliphatic heterocycles. The molecule has 1 amide bonds. The average molecular weight is 592 g/mol. The van der Waals surface area contributed by atoms with E-state index in [1.165, 1.54) is 17.9 Å². The molecule has 222 valence electrons. The summed E-state index contributed by atoms with van der Waals surface area (Å²) in [4.78, 5) is 32.6. The predicted octanol–water partition coefficient (Wildman–Crippen LogP) is 7.34. The van der Waals surface area contributed by atoms with Crippen molar-refractivity contribution in [1.29, 1.82) is 0 Å². The van der Waals surface area contributed by atoms with Crippen LogP contribution in [0.3, 0.4) is 0 Å². The largest absolute Gasteiger partial charge is 0.459 e. The highest BCUT2D eigenvalue weighted by Gasteiger charge is 2.47. The smallest absolute Gasteiger partial charge is 0.449 e. The summed E-state index contributed by atoms with van der Waals surface area (Å²) in [6, 6.07) is 12.6. The summed E-state index contributed by atoms with van der Waals surface area (Å²) in [5, 5.41) is 0.315. The molecule has 2 aromatic rings. The van der Waals surface area contributed by atoms with Crippen molar-refractivity contribution >= 4 is 29.3 Å². The molecular weight excluding hydrogens is 555 g/mol. The summed E-state index contributed by atoms with van der Waals surface area (Å²) >= 11 is 6.21. The lowest BCUT2D eigenvalue weighted by Crippen LogP contribution is -2.48. The van der Waals surface area contributed by atoms with Gasteiger partial charge in [-0.2, -0.15) is 13.2 Å². The second kappa shape index (κ2) is 12.7. The van der Waals surface area contributed by atoms with Crippen molar-refractivity contribution in [2.24, 2.45) is 4.99 Å². The maximum absolute atomic E-state index is 14.3. The molecule has 1 atom stereocenters. The number of nitrogens with zero attached hydrogens (tertiary/aromatic N) is 3. The van der Waals surface area contributed by atoms with Gasteiger partial charge in [0.25, 0.3) is 5.91 Å². The van der Waals surface area contributed by atoms with Crippen molar-refractivity contribution in [3.05, 3.63) is 81.5 Å². The minimum absolute atomic E-state index is 0.0114. The summed E-state index contributed by atoms with van der Waals surface area (Å²) in [5.74, 6) is -2.10. The number of carbonyl (C=O) groups excluding carboxylic acids is 2. The molecule has 0 radical (unpaired) electrons. The Bertz CT molecular complexity index is 1330. The first-order chi connectivity index (χ1) is 19.0. The van der Waals surface area contributed by atoms with E-state index in [9.17, 15) is 22.8 Å². The molecule has 10 heteroatoms. The van der Waals surface area contributed by atoms with Crippen LogP contribution in [0.1, 0.15) is 75.5 Å². The number of ether oxygens (including phenoxy) is 1. The topological polar surface area (TPSA) is 62.2 Å².